The molecule has 8 heteroatoms. The lowest BCUT2D eigenvalue weighted by Crippen LogP contribution is -2.51. The molecule has 1 amide bonds. The average Bonchev–Trinajstić information content (AvgIpc) is 2.54. The maximum atomic E-state index is 11.7. The standard InChI is InChI=1S/C16H30N4O3.HI/c1-13(2)10-17-15(18-11-14(21)20(3)4)19-12-16(22-5)6-8-23-9-7-16;/h1,6-12H2,2-5H3,(H2,17,18,19);1H. The van der Waals surface area contributed by atoms with Crippen LogP contribution in [0, 0.1) is 0 Å². The van der Waals surface area contributed by atoms with Gasteiger partial charge in [-0.15, -0.1) is 24.0 Å². The Bertz CT molecular complexity index is 435. The van der Waals surface area contributed by atoms with Crippen LogP contribution in [0.25, 0.3) is 0 Å². The van der Waals surface area contributed by atoms with Gasteiger partial charge in [-0.2, -0.15) is 0 Å². The number of halogens is 1. The van der Waals surface area contributed by atoms with Crippen molar-refractivity contribution < 1.29 is 14.3 Å². The summed E-state index contributed by atoms with van der Waals surface area (Å²) in [6.45, 7) is 8.51. The largest absolute Gasteiger partial charge is 0.381 e. The van der Waals surface area contributed by atoms with Crippen LogP contribution < -0.4 is 10.6 Å². The van der Waals surface area contributed by atoms with Gasteiger partial charge in [-0.25, -0.2) is 4.99 Å². The molecule has 0 aromatic heterocycles. The first-order valence-corrected chi connectivity index (χ1v) is 7.88. The number of likely N-dealkylation sites (N-methyl/N-ethyl adjacent to an activating group) is 1. The zero-order chi connectivity index (χ0) is 17.3. The molecule has 0 radical (unpaired) electrons. The van der Waals surface area contributed by atoms with E-state index in [2.05, 4.69) is 22.2 Å². The van der Waals surface area contributed by atoms with Crippen LogP contribution in [-0.4, -0.2) is 76.4 Å². The summed E-state index contributed by atoms with van der Waals surface area (Å²) < 4.78 is 11.1. The van der Waals surface area contributed by atoms with Gasteiger partial charge >= 0.3 is 0 Å². The number of ether oxygens (including phenoxy) is 2. The topological polar surface area (TPSA) is 75.2 Å². The van der Waals surface area contributed by atoms with Gasteiger partial charge < -0.3 is 25.0 Å². The minimum Gasteiger partial charge on any atom is -0.381 e. The fraction of sp³-hybridized carbons (Fsp3) is 0.750. The van der Waals surface area contributed by atoms with Gasteiger partial charge in [-0.3, -0.25) is 4.79 Å². The first-order valence-electron chi connectivity index (χ1n) is 7.88. The molecule has 0 spiro atoms. The lowest BCUT2D eigenvalue weighted by molar-refractivity contribution is -0.127. The molecule has 0 unspecified atom stereocenters. The van der Waals surface area contributed by atoms with Gasteiger partial charge in [-0.1, -0.05) is 12.2 Å². The molecular weight excluding hydrogens is 423 g/mol. The van der Waals surface area contributed by atoms with Crippen LogP contribution in [0.15, 0.2) is 17.1 Å². The fourth-order valence-corrected chi connectivity index (χ4v) is 2.14. The van der Waals surface area contributed by atoms with E-state index >= 15 is 0 Å². The predicted octanol–water partition coefficient (Wildman–Crippen LogP) is 1.000. The number of hydrogen-bond donors (Lipinski definition) is 2. The van der Waals surface area contributed by atoms with Crippen molar-refractivity contribution in [3.63, 3.8) is 0 Å². The van der Waals surface area contributed by atoms with Crippen molar-refractivity contribution >= 4 is 35.8 Å². The first-order chi connectivity index (χ1) is 10.9. The summed E-state index contributed by atoms with van der Waals surface area (Å²) in [5, 5.41) is 6.45. The number of nitrogens with one attached hydrogen (secondary N) is 2. The highest BCUT2D eigenvalue weighted by molar-refractivity contribution is 14.0. The number of amides is 1. The molecule has 24 heavy (non-hydrogen) atoms. The quantitative estimate of drug-likeness (QED) is 0.260. The van der Waals surface area contributed by atoms with Gasteiger partial charge in [0.15, 0.2) is 5.96 Å². The number of carbonyl (C=O) groups excluding carboxylic acids is 1. The number of aliphatic imine (C=N–C) groups is 1. The van der Waals surface area contributed by atoms with Crippen molar-refractivity contribution in [2.75, 3.05) is 54.1 Å². The molecule has 1 heterocycles. The summed E-state index contributed by atoms with van der Waals surface area (Å²) in [6, 6.07) is 0. The van der Waals surface area contributed by atoms with Crippen LogP contribution in [-0.2, 0) is 14.3 Å². The van der Waals surface area contributed by atoms with Gasteiger partial charge in [-0.05, 0) is 6.92 Å². The molecular formula is C16H31IN4O3. The summed E-state index contributed by atoms with van der Waals surface area (Å²) in [5.41, 5.74) is 0.737. The van der Waals surface area contributed by atoms with E-state index in [-0.39, 0.29) is 42.0 Å². The molecule has 2 N–H and O–H groups in total. The molecule has 1 aliphatic heterocycles. The van der Waals surface area contributed by atoms with Crippen molar-refractivity contribution in [1.29, 1.82) is 0 Å². The first kappa shape index (κ1) is 23.1. The van der Waals surface area contributed by atoms with Gasteiger partial charge in [0.25, 0.3) is 0 Å². The third kappa shape index (κ3) is 8.29. The number of carbonyl (C=O) groups is 1. The Balaban J connectivity index is 0.00000529. The summed E-state index contributed by atoms with van der Waals surface area (Å²) in [5.74, 6) is 0.542. The number of nitrogens with zero attached hydrogens (tertiary/aromatic N) is 2. The van der Waals surface area contributed by atoms with Crippen molar-refractivity contribution in [2.45, 2.75) is 25.4 Å². The molecule has 0 bridgehead atoms. The second kappa shape index (κ2) is 11.6. The SMILES string of the molecule is C=C(C)CNC(=NCC(=O)N(C)C)NCC1(OC)CCOCC1.I. The predicted molar refractivity (Wildman–Crippen MR) is 107 cm³/mol. The van der Waals surface area contributed by atoms with Gasteiger partial charge in [0.2, 0.25) is 5.91 Å². The Morgan fingerprint density at radius 2 is 1.96 bits per heavy atom. The molecule has 0 saturated carbocycles. The van der Waals surface area contributed by atoms with Gasteiger partial charge in [0.05, 0.1) is 5.60 Å². The molecule has 1 aliphatic rings. The van der Waals surface area contributed by atoms with E-state index in [1.165, 1.54) is 4.90 Å². The van der Waals surface area contributed by atoms with Crippen LogP contribution in [0.4, 0.5) is 0 Å². The fourth-order valence-electron chi connectivity index (χ4n) is 2.14. The van der Waals surface area contributed by atoms with E-state index in [0.29, 0.717) is 32.3 Å². The second-order valence-electron chi connectivity index (χ2n) is 6.12. The van der Waals surface area contributed by atoms with Crippen LogP contribution in [0.5, 0.6) is 0 Å². The number of rotatable bonds is 7. The monoisotopic (exact) mass is 454 g/mol. The maximum Gasteiger partial charge on any atom is 0.243 e. The van der Waals surface area contributed by atoms with E-state index in [9.17, 15) is 4.79 Å². The molecule has 0 atom stereocenters. The average molecular weight is 454 g/mol. The van der Waals surface area contributed by atoms with Gasteiger partial charge in [0, 0.05) is 60.4 Å². The van der Waals surface area contributed by atoms with Crippen LogP contribution in [0.3, 0.4) is 0 Å². The van der Waals surface area contributed by atoms with Gasteiger partial charge in [0.1, 0.15) is 6.54 Å². The summed E-state index contributed by atoms with van der Waals surface area (Å²) in [7, 11) is 5.16. The third-order valence-corrected chi connectivity index (χ3v) is 3.84. The normalized spacial score (nSPS) is 16.8. The molecule has 0 aromatic carbocycles. The Morgan fingerprint density at radius 3 is 2.46 bits per heavy atom. The number of methoxy groups -OCH3 is 1. The van der Waals surface area contributed by atoms with Crippen LogP contribution >= 0.6 is 24.0 Å². The summed E-state index contributed by atoms with van der Waals surface area (Å²) in [4.78, 5) is 17.6. The van der Waals surface area contributed by atoms with Crippen molar-refractivity contribution in [1.82, 2.24) is 15.5 Å². The minimum atomic E-state index is -0.254. The number of hydrogen-bond acceptors (Lipinski definition) is 4. The number of guanidine groups is 1. The molecule has 1 saturated heterocycles. The Kier molecular flexibility index (Phi) is 11.2. The molecule has 7 nitrogen and oxygen atoms in total. The highest BCUT2D eigenvalue weighted by Gasteiger charge is 2.32. The van der Waals surface area contributed by atoms with E-state index in [4.69, 9.17) is 9.47 Å². The third-order valence-electron chi connectivity index (χ3n) is 3.84. The van der Waals surface area contributed by atoms with E-state index in [1.54, 1.807) is 21.2 Å². The van der Waals surface area contributed by atoms with E-state index in [0.717, 1.165) is 18.4 Å². The minimum absolute atomic E-state index is 0. The van der Waals surface area contributed by atoms with Crippen LogP contribution in [0.1, 0.15) is 19.8 Å². The summed E-state index contributed by atoms with van der Waals surface area (Å²) >= 11 is 0. The second-order valence-corrected chi connectivity index (χ2v) is 6.12. The molecule has 140 valence electrons. The molecule has 0 aliphatic carbocycles. The van der Waals surface area contributed by atoms with Crippen molar-refractivity contribution in [3.05, 3.63) is 12.2 Å². The Morgan fingerprint density at radius 1 is 1.33 bits per heavy atom. The lowest BCUT2D eigenvalue weighted by Gasteiger charge is -2.36. The summed E-state index contributed by atoms with van der Waals surface area (Å²) in [6.07, 6.45) is 1.67. The van der Waals surface area contributed by atoms with Crippen molar-refractivity contribution in [2.24, 2.45) is 4.99 Å². The van der Waals surface area contributed by atoms with E-state index in [1.807, 2.05) is 6.92 Å². The molecule has 1 rings (SSSR count). The highest BCUT2D eigenvalue weighted by atomic mass is 127. The molecule has 0 aromatic rings. The Labute approximate surface area is 162 Å². The Hall–Kier alpha value is -0.870. The maximum absolute atomic E-state index is 11.7. The zero-order valence-electron chi connectivity index (χ0n) is 15.2. The zero-order valence-corrected chi connectivity index (χ0v) is 17.5. The highest BCUT2D eigenvalue weighted by Crippen LogP contribution is 2.23. The van der Waals surface area contributed by atoms with E-state index < -0.39 is 0 Å². The van der Waals surface area contributed by atoms with Crippen LogP contribution in [0.2, 0.25) is 0 Å². The molecule has 1 fully saturated rings. The smallest absolute Gasteiger partial charge is 0.243 e. The lowest BCUT2D eigenvalue weighted by atomic mass is 9.94. The van der Waals surface area contributed by atoms with Crippen molar-refractivity contribution in [3.8, 4) is 0 Å².